The minimum absolute atomic E-state index is 0.346. The molecule has 0 saturated heterocycles. The van der Waals surface area contributed by atoms with E-state index in [9.17, 15) is 0 Å². The molecule has 0 aliphatic rings. The molecular formula is C8H19N. The van der Waals surface area contributed by atoms with Crippen LogP contribution in [0.4, 0.5) is 0 Å². The predicted octanol–water partition coefficient (Wildman–Crippen LogP) is 2.31. The number of unbranched alkanes of at least 4 members (excludes halogenated alkanes) is 4. The topological polar surface area (TPSA) is 26.0 Å². The van der Waals surface area contributed by atoms with Gasteiger partial charge in [-0.25, -0.2) is 0 Å². The fourth-order valence-corrected chi connectivity index (χ4v) is 0.866. The molecule has 0 radical (unpaired) electrons. The molecule has 0 bridgehead atoms. The summed E-state index contributed by atoms with van der Waals surface area (Å²) in [6.07, 6.45) is 7.16. The molecule has 0 rings (SSSR count). The third kappa shape index (κ3) is 7.96. The summed E-state index contributed by atoms with van der Waals surface area (Å²) in [4.78, 5) is 0. The number of hydrogen-bond acceptors (Lipinski definition) is 1. The SMILES string of the molecule is [2H][C@@H](N)CCCCCCC. The van der Waals surface area contributed by atoms with Gasteiger partial charge in [0.2, 0.25) is 0 Å². The van der Waals surface area contributed by atoms with Gasteiger partial charge in [0, 0.05) is 1.37 Å². The zero-order valence-corrected chi connectivity index (χ0v) is 6.40. The summed E-state index contributed by atoms with van der Waals surface area (Å²) in [6, 6.07) is 0. The van der Waals surface area contributed by atoms with Crippen molar-refractivity contribution in [1.82, 2.24) is 0 Å². The monoisotopic (exact) mass is 130 g/mol. The Balaban J connectivity index is 2.77. The highest BCUT2D eigenvalue weighted by Crippen LogP contribution is 2.03. The molecule has 1 nitrogen and oxygen atoms in total. The summed E-state index contributed by atoms with van der Waals surface area (Å²) in [6.45, 7) is 1.86. The second-order valence-corrected chi connectivity index (χ2v) is 2.44. The lowest BCUT2D eigenvalue weighted by Gasteiger charge is -1.96. The van der Waals surface area contributed by atoms with Crippen molar-refractivity contribution in [2.45, 2.75) is 45.4 Å². The molecule has 9 heavy (non-hydrogen) atoms. The highest BCUT2D eigenvalue weighted by Gasteiger charge is 1.85. The van der Waals surface area contributed by atoms with E-state index in [4.69, 9.17) is 7.10 Å². The lowest BCUT2D eigenvalue weighted by Crippen LogP contribution is -1.97. The van der Waals surface area contributed by atoms with Gasteiger partial charge in [-0.05, 0) is 12.9 Å². The number of hydrogen-bond donors (Lipinski definition) is 1. The average Bonchev–Trinajstić information content (AvgIpc) is 1.87. The summed E-state index contributed by atoms with van der Waals surface area (Å²) < 4.78 is 7.04. The molecule has 1 heteroatoms. The molecule has 0 heterocycles. The largest absolute Gasteiger partial charge is 0.330 e. The minimum atomic E-state index is -0.346. The van der Waals surface area contributed by atoms with E-state index >= 15 is 0 Å². The maximum absolute atomic E-state index is 7.04. The van der Waals surface area contributed by atoms with E-state index < -0.39 is 0 Å². The van der Waals surface area contributed by atoms with E-state index in [2.05, 4.69) is 6.92 Å². The number of rotatable bonds is 6. The van der Waals surface area contributed by atoms with Crippen LogP contribution in [0.3, 0.4) is 0 Å². The van der Waals surface area contributed by atoms with Crippen LogP contribution < -0.4 is 5.73 Å². The van der Waals surface area contributed by atoms with E-state index in [1.165, 1.54) is 25.7 Å². The summed E-state index contributed by atoms with van der Waals surface area (Å²) in [5.41, 5.74) is 5.27. The van der Waals surface area contributed by atoms with Crippen LogP contribution in [0.2, 0.25) is 0 Å². The van der Waals surface area contributed by atoms with Crippen molar-refractivity contribution in [2.24, 2.45) is 5.73 Å². The van der Waals surface area contributed by atoms with Crippen molar-refractivity contribution in [1.29, 1.82) is 0 Å². The molecule has 0 aliphatic carbocycles. The Labute approximate surface area is 60.0 Å². The fraction of sp³-hybridized carbons (Fsp3) is 1.00. The Bertz CT molecular complexity index is 64.3. The van der Waals surface area contributed by atoms with Crippen LogP contribution in [-0.2, 0) is 0 Å². The second kappa shape index (κ2) is 7.96. The zero-order valence-electron chi connectivity index (χ0n) is 7.40. The predicted molar refractivity (Wildman–Crippen MR) is 42.4 cm³/mol. The smallest absolute Gasteiger partial charge is 0.0425 e. The van der Waals surface area contributed by atoms with Crippen LogP contribution in [0.25, 0.3) is 0 Å². The van der Waals surface area contributed by atoms with Crippen LogP contribution >= 0.6 is 0 Å². The molecule has 0 fully saturated rings. The lowest BCUT2D eigenvalue weighted by molar-refractivity contribution is 0.612. The van der Waals surface area contributed by atoms with Crippen LogP contribution in [0, 0.1) is 0 Å². The summed E-state index contributed by atoms with van der Waals surface area (Å²) in [5.74, 6) is 0. The molecule has 0 spiro atoms. The molecule has 0 aromatic rings. The summed E-state index contributed by atoms with van der Waals surface area (Å²) in [7, 11) is 0. The molecule has 2 N–H and O–H groups in total. The first-order valence-corrected chi connectivity index (χ1v) is 3.95. The highest BCUT2D eigenvalue weighted by molar-refractivity contribution is 4.43. The van der Waals surface area contributed by atoms with E-state index in [1.807, 2.05) is 0 Å². The third-order valence-electron chi connectivity index (χ3n) is 1.47. The van der Waals surface area contributed by atoms with Crippen molar-refractivity contribution in [3.63, 3.8) is 0 Å². The van der Waals surface area contributed by atoms with Gasteiger partial charge in [-0.15, -0.1) is 0 Å². The van der Waals surface area contributed by atoms with Crippen LogP contribution in [0.15, 0.2) is 0 Å². The molecule has 0 aliphatic heterocycles. The molecule has 0 aromatic carbocycles. The van der Waals surface area contributed by atoms with Gasteiger partial charge in [0.15, 0.2) is 0 Å². The zero-order chi connectivity index (χ0) is 7.82. The average molecular weight is 130 g/mol. The van der Waals surface area contributed by atoms with Gasteiger partial charge in [-0.1, -0.05) is 39.0 Å². The molecule has 0 unspecified atom stereocenters. The Kier molecular flexibility index (Phi) is 6.25. The normalized spacial score (nSPS) is 15.1. The first kappa shape index (κ1) is 7.07. The van der Waals surface area contributed by atoms with Gasteiger partial charge >= 0.3 is 0 Å². The molecule has 56 valence electrons. The molecule has 0 saturated carbocycles. The first-order valence-electron chi connectivity index (χ1n) is 4.53. The molecular weight excluding hydrogens is 110 g/mol. The Hall–Kier alpha value is -0.0400. The fourth-order valence-electron chi connectivity index (χ4n) is 0.866. The third-order valence-corrected chi connectivity index (χ3v) is 1.47. The summed E-state index contributed by atoms with van der Waals surface area (Å²) >= 11 is 0. The molecule has 0 amide bonds. The lowest BCUT2D eigenvalue weighted by atomic mass is 10.1. The summed E-state index contributed by atoms with van der Waals surface area (Å²) in [5, 5.41) is 0. The van der Waals surface area contributed by atoms with Crippen LogP contribution in [-0.4, -0.2) is 6.52 Å². The molecule has 1 atom stereocenters. The van der Waals surface area contributed by atoms with Gasteiger partial charge in [-0.3, -0.25) is 0 Å². The van der Waals surface area contributed by atoms with Gasteiger partial charge in [0.1, 0.15) is 0 Å². The Morgan fingerprint density at radius 1 is 1.11 bits per heavy atom. The van der Waals surface area contributed by atoms with Gasteiger partial charge in [-0.2, -0.15) is 0 Å². The van der Waals surface area contributed by atoms with Gasteiger partial charge in [0.05, 0.1) is 0 Å². The molecule has 0 aromatic heterocycles. The van der Waals surface area contributed by atoms with Gasteiger partial charge in [0.25, 0.3) is 0 Å². The number of nitrogens with two attached hydrogens (primary N) is 1. The van der Waals surface area contributed by atoms with Crippen LogP contribution in [0.1, 0.15) is 46.8 Å². The standard InChI is InChI=1S/C8H19N/c1-2-3-4-5-6-7-8-9/h2-9H2,1H3/i8D/t8-/m1/s1. The Morgan fingerprint density at radius 3 is 2.22 bits per heavy atom. The first-order chi connectivity index (χ1) is 4.77. The van der Waals surface area contributed by atoms with E-state index in [-0.39, 0.29) is 6.52 Å². The van der Waals surface area contributed by atoms with E-state index in [0.717, 1.165) is 12.8 Å². The van der Waals surface area contributed by atoms with Crippen molar-refractivity contribution < 1.29 is 1.37 Å². The quantitative estimate of drug-likeness (QED) is 0.548. The van der Waals surface area contributed by atoms with Crippen molar-refractivity contribution in [2.75, 3.05) is 6.52 Å². The van der Waals surface area contributed by atoms with Crippen molar-refractivity contribution in [3.05, 3.63) is 0 Å². The van der Waals surface area contributed by atoms with Crippen molar-refractivity contribution in [3.8, 4) is 0 Å². The second-order valence-electron chi connectivity index (χ2n) is 2.44. The van der Waals surface area contributed by atoms with Crippen molar-refractivity contribution >= 4 is 0 Å². The van der Waals surface area contributed by atoms with E-state index in [0.29, 0.717) is 0 Å². The Morgan fingerprint density at radius 2 is 1.67 bits per heavy atom. The maximum atomic E-state index is 7.04. The highest BCUT2D eigenvalue weighted by atomic mass is 14.5. The minimum Gasteiger partial charge on any atom is -0.330 e. The van der Waals surface area contributed by atoms with Crippen LogP contribution in [0.5, 0.6) is 0 Å². The van der Waals surface area contributed by atoms with Gasteiger partial charge < -0.3 is 5.73 Å². The van der Waals surface area contributed by atoms with E-state index in [1.54, 1.807) is 0 Å². The maximum Gasteiger partial charge on any atom is 0.0425 e.